The van der Waals surface area contributed by atoms with E-state index in [9.17, 15) is 17.6 Å². The fourth-order valence-electron chi connectivity index (χ4n) is 2.17. The first-order valence-corrected chi connectivity index (χ1v) is 9.54. The van der Waals surface area contributed by atoms with E-state index >= 15 is 0 Å². The molecule has 0 spiro atoms. The Labute approximate surface area is 146 Å². The van der Waals surface area contributed by atoms with Crippen LogP contribution in [0.3, 0.4) is 0 Å². The maximum atomic E-state index is 12.8. The van der Waals surface area contributed by atoms with Gasteiger partial charge in [0.1, 0.15) is 5.82 Å². The summed E-state index contributed by atoms with van der Waals surface area (Å²) in [7, 11) is -3.44. The highest BCUT2D eigenvalue weighted by Crippen LogP contribution is 2.08. The molecule has 0 aliphatic rings. The third kappa shape index (κ3) is 6.60. The monoisotopic (exact) mass is 365 g/mol. The predicted molar refractivity (Wildman–Crippen MR) is 92.4 cm³/mol. The average Bonchev–Trinajstić information content (AvgIpc) is 2.58. The van der Waals surface area contributed by atoms with Crippen LogP contribution in [0.5, 0.6) is 0 Å². The molecule has 25 heavy (non-hydrogen) atoms. The molecule has 0 saturated carbocycles. The Morgan fingerprint density at radius 1 is 1.12 bits per heavy atom. The van der Waals surface area contributed by atoms with Gasteiger partial charge in [-0.1, -0.05) is 12.1 Å². The molecular formula is C17H20FN3O3S. The van der Waals surface area contributed by atoms with Gasteiger partial charge in [0.25, 0.3) is 0 Å². The van der Waals surface area contributed by atoms with Crippen LogP contribution in [0.25, 0.3) is 0 Å². The molecular weight excluding hydrogens is 345 g/mol. The van der Waals surface area contributed by atoms with Crippen molar-refractivity contribution in [1.82, 2.24) is 14.6 Å². The Morgan fingerprint density at radius 3 is 2.36 bits per heavy atom. The van der Waals surface area contributed by atoms with Crippen LogP contribution in [-0.2, 0) is 27.9 Å². The molecule has 1 amide bonds. The Morgan fingerprint density at radius 2 is 1.76 bits per heavy atom. The molecule has 134 valence electrons. The second kappa shape index (κ2) is 8.68. The molecule has 0 bridgehead atoms. The van der Waals surface area contributed by atoms with Gasteiger partial charge in [-0.3, -0.25) is 9.78 Å². The van der Waals surface area contributed by atoms with Crippen LogP contribution in [-0.4, -0.2) is 36.4 Å². The number of hydrogen-bond donors (Lipinski definition) is 1. The largest absolute Gasteiger partial charge is 0.352 e. The van der Waals surface area contributed by atoms with Crippen molar-refractivity contribution in [3.63, 3.8) is 0 Å². The van der Waals surface area contributed by atoms with Crippen LogP contribution in [0, 0.1) is 5.82 Å². The molecule has 1 aromatic carbocycles. The highest BCUT2D eigenvalue weighted by Gasteiger charge is 2.18. The summed E-state index contributed by atoms with van der Waals surface area (Å²) < 4.78 is 37.9. The first kappa shape index (κ1) is 19.0. The van der Waals surface area contributed by atoms with E-state index < -0.39 is 10.0 Å². The SMILES string of the molecule is CS(=O)(=O)N(CCC(=O)NCc1ccc(F)cc1)Cc1ccncc1. The first-order chi connectivity index (χ1) is 11.8. The summed E-state index contributed by atoms with van der Waals surface area (Å²) in [5, 5.41) is 2.70. The molecule has 0 unspecified atom stereocenters. The summed E-state index contributed by atoms with van der Waals surface area (Å²) in [6.45, 7) is 0.533. The van der Waals surface area contributed by atoms with Gasteiger partial charge in [-0.05, 0) is 35.4 Å². The van der Waals surface area contributed by atoms with Crippen molar-refractivity contribution in [2.45, 2.75) is 19.5 Å². The van der Waals surface area contributed by atoms with Gasteiger partial charge < -0.3 is 5.32 Å². The zero-order chi connectivity index (χ0) is 18.3. The van der Waals surface area contributed by atoms with Gasteiger partial charge in [-0.25, -0.2) is 12.8 Å². The van der Waals surface area contributed by atoms with Gasteiger partial charge in [0.2, 0.25) is 15.9 Å². The van der Waals surface area contributed by atoms with Crippen molar-refractivity contribution in [1.29, 1.82) is 0 Å². The molecule has 0 saturated heterocycles. The van der Waals surface area contributed by atoms with Crippen molar-refractivity contribution in [2.75, 3.05) is 12.8 Å². The van der Waals surface area contributed by atoms with Crippen LogP contribution in [0.1, 0.15) is 17.5 Å². The molecule has 1 N–H and O–H groups in total. The van der Waals surface area contributed by atoms with E-state index in [4.69, 9.17) is 0 Å². The van der Waals surface area contributed by atoms with Crippen LogP contribution < -0.4 is 5.32 Å². The van der Waals surface area contributed by atoms with Gasteiger partial charge in [0.15, 0.2) is 0 Å². The molecule has 0 aliphatic carbocycles. The van der Waals surface area contributed by atoms with E-state index in [0.717, 1.165) is 17.4 Å². The average molecular weight is 365 g/mol. The second-order valence-corrected chi connectivity index (χ2v) is 7.59. The highest BCUT2D eigenvalue weighted by molar-refractivity contribution is 7.88. The lowest BCUT2D eigenvalue weighted by molar-refractivity contribution is -0.121. The summed E-state index contributed by atoms with van der Waals surface area (Å²) in [5.74, 6) is -0.609. The van der Waals surface area contributed by atoms with Crippen molar-refractivity contribution in [2.24, 2.45) is 0 Å². The van der Waals surface area contributed by atoms with E-state index in [0.29, 0.717) is 0 Å². The number of benzene rings is 1. The van der Waals surface area contributed by atoms with E-state index in [1.54, 1.807) is 36.7 Å². The molecule has 8 heteroatoms. The zero-order valence-corrected chi connectivity index (χ0v) is 14.7. The zero-order valence-electron chi connectivity index (χ0n) is 13.9. The summed E-state index contributed by atoms with van der Waals surface area (Å²) in [4.78, 5) is 15.8. The Kier molecular flexibility index (Phi) is 6.60. The van der Waals surface area contributed by atoms with Gasteiger partial charge in [-0.2, -0.15) is 4.31 Å². The molecule has 0 atom stereocenters. The summed E-state index contributed by atoms with van der Waals surface area (Å²) in [5.41, 5.74) is 1.57. The molecule has 0 aliphatic heterocycles. The Bertz CT molecular complexity index is 796. The third-order valence-corrected chi connectivity index (χ3v) is 4.82. The van der Waals surface area contributed by atoms with Crippen LogP contribution in [0.2, 0.25) is 0 Å². The van der Waals surface area contributed by atoms with Crippen molar-refractivity contribution < 1.29 is 17.6 Å². The van der Waals surface area contributed by atoms with E-state index in [-0.39, 0.29) is 37.8 Å². The van der Waals surface area contributed by atoms with Gasteiger partial charge in [-0.15, -0.1) is 0 Å². The molecule has 0 fully saturated rings. The fourth-order valence-corrected chi connectivity index (χ4v) is 2.98. The maximum Gasteiger partial charge on any atom is 0.221 e. The fraction of sp³-hybridized carbons (Fsp3) is 0.294. The number of carbonyl (C=O) groups is 1. The lowest BCUT2D eigenvalue weighted by Crippen LogP contribution is -2.34. The number of halogens is 1. The number of nitrogens with one attached hydrogen (secondary N) is 1. The Hall–Kier alpha value is -2.32. The predicted octanol–water partition coefficient (Wildman–Crippen LogP) is 1.69. The normalized spacial score (nSPS) is 11.5. The number of rotatable bonds is 8. The molecule has 2 aromatic rings. The first-order valence-electron chi connectivity index (χ1n) is 7.70. The van der Waals surface area contributed by atoms with Gasteiger partial charge >= 0.3 is 0 Å². The molecule has 1 aromatic heterocycles. The number of pyridine rings is 1. The summed E-state index contributed by atoms with van der Waals surface area (Å²) in [6, 6.07) is 9.27. The number of carbonyl (C=O) groups excluding carboxylic acids is 1. The topological polar surface area (TPSA) is 79.4 Å². The summed E-state index contributed by atoms with van der Waals surface area (Å²) >= 11 is 0. The number of nitrogens with zero attached hydrogens (tertiary/aromatic N) is 2. The van der Waals surface area contributed by atoms with Gasteiger partial charge in [0.05, 0.1) is 6.26 Å². The molecule has 6 nitrogen and oxygen atoms in total. The minimum atomic E-state index is -3.44. The minimum Gasteiger partial charge on any atom is -0.352 e. The summed E-state index contributed by atoms with van der Waals surface area (Å²) in [6.07, 6.45) is 4.33. The molecule has 1 heterocycles. The van der Waals surface area contributed by atoms with E-state index in [1.807, 2.05) is 0 Å². The van der Waals surface area contributed by atoms with Gasteiger partial charge in [0, 0.05) is 38.4 Å². The molecule has 2 rings (SSSR count). The smallest absolute Gasteiger partial charge is 0.221 e. The quantitative estimate of drug-likeness (QED) is 0.772. The van der Waals surface area contributed by atoms with E-state index in [2.05, 4.69) is 10.3 Å². The number of hydrogen-bond acceptors (Lipinski definition) is 4. The van der Waals surface area contributed by atoms with Crippen molar-refractivity contribution in [3.8, 4) is 0 Å². The van der Waals surface area contributed by atoms with Crippen LogP contribution >= 0.6 is 0 Å². The number of aromatic nitrogens is 1. The highest BCUT2D eigenvalue weighted by atomic mass is 32.2. The minimum absolute atomic E-state index is 0.0410. The number of amides is 1. The van der Waals surface area contributed by atoms with Crippen LogP contribution in [0.4, 0.5) is 4.39 Å². The lowest BCUT2D eigenvalue weighted by Gasteiger charge is -2.19. The van der Waals surface area contributed by atoms with Crippen LogP contribution in [0.15, 0.2) is 48.8 Å². The maximum absolute atomic E-state index is 12.8. The molecule has 0 radical (unpaired) electrons. The third-order valence-electron chi connectivity index (χ3n) is 3.57. The van der Waals surface area contributed by atoms with Crippen molar-refractivity contribution in [3.05, 3.63) is 65.7 Å². The van der Waals surface area contributed by atoms with E-state index in [1.165, 1.54) is 16.4 Å². The standard InChI is InChI=1S/C17H20FN3O3S/c1-25(23,24)21(13-15-6-9-19-10-7-15)11-8-17(22)20-12-14-2-4-16(18)5-3-14/h2-7,9-10H,8,11-13H2,1H3,(H,20,22). The lowest BCUT2D eigenvalue weighted by atomic mass is 10.2. The Balaban J connectivity index is 1.87. The second-order valence-electron chi connectivity index (χ2n) is 5.61. The van der Waals surface area contributed by atoms with Crippen molar-refractivity contribution >= 4 is 15.9 Å². The number of sulfonamides is 1.